The predicted octanol–water partition coefficient (Wildman–Crippen LogP) is 0.561. The van der Waals surface area contributed by atoms with Crippen LogP contribution in [0.4, 0.5) is 0 Å². The molecule has 4 heteroatoms. The van der Waals surface area contributed by atoms with Gasteiger partial charge in [0.2, 0.25) is 0 Å². The monoisotopic (exact) mass is 232 g/mol. The Bertz CT molecular complexity index is 154. The molecule has 0 bridgehead atoms. The zero-order valence-corrected chi connectivity index (χ0v) is 11.2. The lowest BCUT2D eigenvalue weighted by atomic mass is 10.2. The fraction of sp³-hybridized carbons (Fsp3) is 1.00. The summed E-state index contributed by atoms with van der Waals surface area (Å²) in [5.74, 6) is 0.647. The van der Waals surface area contributed by atoms with Crippen molar-refractivity contribution in [1.29, 1.82) is 0 Å². The third kappa shape index (κ3) is 9.09. The van der Waals surface area contributed by atoms with Crippen LogP contribution in [0, 0.1) is 5.92 Å². The normalized spacial score (nSPS) is 13.7. The molecule has 0 heterocycles. The highest BCUT2D eigenvalue weighted by molar-refractivity contribution is 4.67. The lowest BCUT2D eigenvalue weighted by molar-refractivity contribution is 0.105. The van der Waals surface area contributed by atoms with Gasteiger partial charge in [-0.3, -0.25) is 0 Å². The highest BCUT2D eigenvalue weighted by atomic mass is 16.5. The molecular formula is C12H28N2O2. The third-order valence-corrected chi connectivity index (χ3v) is 2.40. The van der Waals surface area contributed by atoms with E-state index >= 15 is 0 Å². The molecule has 0 saturated carbocycles. The second kappa shape index (κ2) is 10.0. The van der Waals surface area contributed by atoms with E-state index in [1.165, 1.54) is 0 Å². The second-order valence-electron chi connectivity index (χ2n) is 4.60. The molecule has 0 saturated heterocycles. The molecule has 0 amide bonds. The maximum Gasteiger partial charge on any atom is 0.0791 e. The number of likely N-dealkylation sites (N-methyl/N-ethyl adjacent to an activating group) is 1. The van der Waals surface area contributed by atoms with Crippen LogP contribution in [0.25, 0.3) is 0 Å². The first kappa shape index (κ1) is 15.8. The van der Waals surface area contributed by atoms with Crippen LogP contribution in [0.3, 0.4) is 0 Å². The minimum absolute atomic E-state index is 0.296. The van der Waals surface area contributed by atoms with Gasteiger partial charge in [0.1, 0.15) is 0 Å². The minimum Gasteiger partial charge on any atom is -0.390 e. The first-order chi connectivity index (χ1) is 7.60. The van der Waals surface area contributed by atoms with Crippen LogP contribution in [-0.4, -0.2) is 62.6 Å². The molecule has 0 spiro atoms. The largest absolute Gasteiger partial charge is 0.390 e. The van der Waals surface area contributed by atoms with Crippen molar-refractivity contribution < 1.29 is 9.84 Å². The standard InChI is InChI=1S/C12H28N2O2/c1-5-14(9-11(2)3)10-12(15)8-13-6-7-16-4/h11-13,15H,5-10H2,1-4H3. The lowest BCUT2D eigenvalue weighted by Crippen LogP contribution is -2.40. The van der Waals surface area contributed by atoms with Crippen molar-refractivity contribution >= 4 is 0 Å². The second-order valence-corrected chi connectivity index (χ2v) is 4.60. The van der Waals surface area contributed by atoms with Gasteiger partial charge >= 0.3 is 0 Å². The van der Waals surface area contributed by atoms with E-state index in [4.69, 9.17) is 4.74 Å². The van der Waals surface area contributed by atoms with Crippen molar-refractivity contribution in [3.8, 4) is 0 Å². The molecule has 0 aliphatic carbocycles. The van der Waals surface area contributed by atoms with Crippen molar-refractivity contribution in [2.75, 3.05) is 46.4 Å². The molecule has 1 atom stereocenters. The number of nitrogens with one attached hydrogen (secondary N) is 1. The van der Waals surface area contributed by atoms with Crippen LogP contribution < -0.4 is 5.32 Å². The summed E-state index contributed by atoms with van der Waals surface area (Å²) in [6.45, 7) is 11.4. The lowest BCUT2D eigenvalue weighted by Gasteiger charge is -2.25. The third-order valence-electron chi connectivity index (χ3n) is 2.40. The fourth-order valence-corrected chi connectivity index (χ4v) is 1.65. The van der Waals surface area contributed by atoms with Crippen molar-refractivity contribution in [2.24, 2.45) is 5.92 Å². The topological polar surface area (TPSA) is 44.7 Å². The average molecular weight is 232 g/mol. The highest BCUT2D eigenvalue weighted by Crippen LogP contribution is 1.99. The van der Waals surface area contributed by atoms with E-state index < -0.39 is 0 Å². The SMILES string of the molecule is CCN(CC(C)C)CC(O)CNCCOC. The zero-order valence-electron chi connectivity index (χ0n) is 11.2. The summed E-state index contributed by atoms with van der Waals surface area (Å²) in [5, 5.41) is 13.0. The molecule has 0 aromatic rings. The van der Waals surface area contributed by atoms with Gasteiger partial charge in [-0.1, -0.05) is 20.8 Å². The predicted molar refractivity (Wildman–Crippen MR) is 67.7 cm³/mol. The first-order valence-corrected chi connectivity index (χ1v) is 6.20. The summed E-state index contributed by atoms with van der Waals surface area (Å²) >= 11 is 0. The van der Waals surface area contributed by atoms with Crippen LogP contribution in [0.5, 0.6) is 0 Å². The number of hydrogen-bond donors (Lipinski definition) is 2. The molecule has 98 valence electrons. The summed E-state index contributed by atoms with van der Waals surface area (Å²) in [6, 6.07) is 0. The first-order valence-electron chi connectivity index (χ1n) is 6.20. The number of rotatable bonds is 10. The van der Waals surface area contributed by atoms with E-state index in [2.05, 4.69) is 31.0 Å². The molecule has 0 rings (SSSR count). The summed E-state index contributed by atoms with van der Waals surface area (Å²) in [7, 11) is 1.68. The number of hydrogen-bond acceptors (Lipinski definition) is 4. The molecule has 1 unspecified atom stereocenters. The quantitative estimate of drug-likeness (QED) is 0.540. The van der Waals surface area contributed by atoms with E-state index in [0.717, 1.165) is 26.2 Å². The van der Waals surface area contributed by atoms with Gasteiger partial charge < -0.3 is 20.1 Å². The van der Waals surface area contributed by atoms with E-state index in [1.54, 1.807) is 7.11 Å². The Morgan fingerprint density at radius 3 is 2.50 bits per heavy atom. The molecule has 4 nitrogen and oxygen atoms in total. The average Bonchev–Trinajstić information content (AvgIpc) is 2.23. The van der Waals surface area contributed by atoms with Crippen LogP contribution in [0.2, 0.25) is 0 Å². The zero-order chi connectivity index (χ0) is 12.4. The number of nitrogens with zero attached hydrogens (tertiary/aromatic N) is 1. The van der Waals surface area contributed by atoms with E-state index in [0.29, 0.717) is 19.1 Å². The van der Waals surface area contributed by atoms with Gasteiger partial charge in [-0.2, -0.15) is 0 Å². The maximum absolute atomic E-state index is 9.82. The van der Waals surface area contributed by atoms with Crippen LogP contribution in [0.1, 0.15) is 20.8 Å². The van der Waals surface area contributed by atoms with Crippen molar-refractivity contribution in [3.05, 3.63) is 0 Å². The Kier molecular flexibility index (Phi) is 9.92. The summed E-state index contributed by atoms with van der Waals surface area (Å²) in [5.41, 5.74) is 0. The summed E-state index contributed by atoms with van der Waals surface area (Å²) in [4.78, 5) is 2.29. The van der Waals surface area contributed by atoms with E-state index in [-0.39, 0.29) is 6.10 Å². The van der Waals surface area contributed by atoms with Crippen molar-refractivity contribution in [3.63, 3.8) is 0 Å². The van der Waals surface area contributed by atoms with Gasteiger partial charge in [-0.25, -0.2) is 0 Å². The van der Waals surface area contributed by atoms with Gasteiger partial charge in [-0.05, 0) is 12.5 Å². The number of methoxy groups -OCH3 is 1. The molecule has 0 aromatic carbocycles. The van der Waals surface area contributed by atoms with E-state index in [9.17, 15) is 5.11 Å². The Labute approximate surface area is 100.0 Å². The molecule has 16 heavy (non-hydrogen) atoms. The van der Waals surface area contributed by atoms with Gasteiger partial charge in [0.05, 0.1) is 12.7 Å². The van der Waals surface area contributed by atoms with Gasteiger partial charge in [0.25, 0.3) is 0 Å². The summed E-state index contributed by atoms with van der Waals surface area (Å²) in [6.07, 6.45) is -0.296. The number of aliphatic hydroxyl groups is 1. The molecule has 0 radical (unpaired) electrons. The van der Waals surface area contributed by atoms with Gasteiger partial charge in [0.15, 0.2) is 0 Å². The highest BCUT2D eigenvalue weighted by Gasteiger charge is 2.10. The van der Waals surface area contributed by atoms with Crippen LogP contribution in [-0.2, 0) is 4.74 Å². The molecule has 2 N–H and O–H groups in total. The molecule has 0 aromatic heterocycles. The van der Waals surface area contributed by atoms with Crippen LogP contribution in [0.15, 0.2) is 0 Å². The fourth-order valence-electron chi connectivity index (χ4n) is 1.65. The number of aliphatic hydroxyl groups excluding tert-OH is 1. The van der Waals surface area contributed by atoms with Crippen LogP contribution >= 0.6 is 0 Å². The van der Waals surface area contributed by atoms with Crippen molar-refractivity contribution in [1.82, 2.24) is 10.2 Å². The Balaban J connectivity index is 3.61. The Morgan fingerprint density at radius 2 is 2.00 bits per heavy atom. The Hall–Kier alpha value is -0.160. The minimum atomic E-state index is -0.296. The van der Waals surface area contributed by atoms with Gasteiger partial charge in [0, 0.05) is 33.3 Å². The van der Waals surface area contributed by atoms with Crippen molar-refractivity contribution in [2.45, 2.75) is 26.9 Å². The van der Waals surface area contributed by atoms with E-state index in [1.807, 2.05) is 0 Å². The smallest absolute Gasteiger partial charge is 0.0791 e. The molecular weight excluding hydrogens is 204 g/mol. The van der Waals surface area contributed by atoms with Gasteiger partial charge in [-0.15, -0.1) is 0 Å². The maximum atomic E-state index is 9.82. The summed E-state index contributed by atoms with van der Waals surface area (Å²) < 4.78 is 4.92. The Morgan fingerprint density at radius 1 is 1.31 bits per heavy atom. The molecule has 0 aliphatic rings. The number of ether oxygens (including phenoxy) is 1. The molecule has 0 aliphatic heterocycles. The molecule has 0 fully saturated rings.